The van der Waals surface area contributed by atoms with Crippen LogP contribution < -0.4 is 4.74 Å². The SMILES string of the molecule is N#Cc1ccc(OCc2ccccc2F)nc1. The number of halogens is 1. The van der Waals surface area contributed by atoms with Crippen LogP contribution in [0, 0.1) is 17.1 Å². The molecular formula is C13H9FN2O. The number of nitriles is 1. The molecule has 2 aromatic rings. The molecule has 17 heavy (non-hydrogen) atoms. The number of hydrogen-bond donors (Lipinski definition) is 0. The molecule has 84 valence electrons. The minimum Gasteiger partial charge on any atom is -0.473 e. The highest BCUT2D eigenvalue weighted by molar-refractivity contribution is 5.28. The molecule has 0 saturated carbocycles. The van der Waals surface area contributed by atoms with Crippen LogP contribution in [0.2, 0.25) is 0 Å². The van der Waals surface area contributed by atoms with Crippen molar-refractivity contribution in [1.29, 1.82) is 5.26 Å². The van der Waals surface area contributed by atoms with Crippen LogP contribution in [0.15, 0.2) is 42.6 Å². The van der Waals surface area contributed by atoms with Crippen LogP contribution in [0.3, 0.4) is 0 Å². The smallest absolute Gasteiger partial charge is 0.213 e. The van der Waals surface area contributed by atoms with Crippen molar-refractivity contribution >= 4 is 0 Å². The van der Waals surface area contributed by atoms with Crippen molar-refractivity contribution in [1.82, 2.24) is 4.98 Å². The predicted octanol–water partition coefficient (Wildman–Crippen LogP) is 2.67. The minimum absolute atomic E-state index is 0.117. The maximum atomic E-state index is 13.3. The number of hydrogen-bond acceptors (Lipinski definition) is 3. The van der Waals surface area contributed by atoms with Crippen molar-refractivity contribution in [2.75, 3.05) is 0 Å². The molecule has 0 aliphatic carbocycles. The first-order valence-electron chi connectivity index (χ1n) is 5.02. The van der Waals surface area contributed by atoms with E-state index in [1.807, 2.05) is 6.07 Å². The lowest BCUT2D eigenvalue weighted by molar-refractivity contribution is 0.288. The highest BCUT2D eigenvalue weighted by atomic mass is 19.1. The number of benzene rings is 1. The Morgan fingerprint density at radius 1 is 1.24 bits per heavy atom. The van der Waals surface area contributed by atoms with Gasteiger partial charge in [0.2, 0.25) is 5.88 Å². The Morgan fingerprint density at radius 2 is 2.06 bits per heavy atom. The Labute approximate surface area is 98.1 Å². The third-order valence-electron chi connectivity index (χ3n) is 2.20. The highest BCUT2D eigenvalue weighted by Crippen LogP contribution is 2.12. The summed E-state index contributed by atoms with van der Waals surface area (Å²) in [5, 5.41) is 8.59. The molecule has 0 unspecified atom stereocenters. The molecule has 2 rings (SSSR count). The molecule has 1 heterocycles. The minimum atomic E-state index is -0.304. The summed E-state index contributed by atoms with van der Waals surface area (Å²) in [5.41, 5.74) is 0.932. The summed E-state index contributed by atoms with van der Waals surface area (Å²) in [4.78, 5) is 3.93. The Morgan fingerprint density at radius 3 is 2.71 bits per heavy atom. The predicted molar refractivity (Wildman–Crippen MR) is 59.7 cm³/mol. The van der Waals surface area contributed by atoms with E-state index in [9.17, 15) is 4.39 Å². The largest absolute Gasteiger partial charge is 0.473 e. The molecule has 0 aliphatic heterocycles. The molecule has 3 nitrogen and oxygen atoms in total. The van der Waals surface area contributed by atoms with Gasteiger partial charge in [-0.15, -0.1) is 0 Å². The molecule has 0 spiro atoms. The van der Waals surface area contributed by atoms with E-state index in [0.717, 1.165) is 0 Å². The van der Waals surface area contributed by atoms with Crippen molar-refractivity contribution < 1.29 is 9.13 Å². The Balaban J connectivity index is 2.03. The van der Waals surface area contributed by atoms with Gasteiger partial charge in [0.05, 0.1) is 5.56 Å². The van der Waals surface area contributed by atoms with Gasteiger partial charge in [-0.3, -0.25) is 0 Å². The Hall–Kier alpha value is -2.41. The van der Waals surface area contributed by atoms with Crippen molar-refractivity contribution in [2.45, 2.75) is 6.61 Å². The van der Waals surface area contributed by atoms with Crippen LogP contribution in [0.25, 0.3) is 0 Å². The lowest BCUT2D eigenvalue weighted by Gasteiger charge is -2.05. The fraction of sp³-hybridized carbons (Fsp3) is 0.0769. The first-order valence-corrected chi connectivity index (χ1v) is 5.02. The second-order valence-corrected chi connectivity index (χ2v) is 3.38. The number of rotatable bonds is 3. The Kier molecular flexibility index (Phi) is 3.31. The first kappa shape index (κ1) is 11.1. The second-order valence-electron chi connectivity index (χ2n) is 3.38. The van der Waals surface area contributed by atoms with Crippen LogP contribution in [0.4, 0.5) is 4.39 Å². The number of pyridine rings is 1. The Bertz CT molecular complexity index is 546. The summed E-state index contributed by atoms with van der Waals surface area (Å²) in [6.45, 7) is 0.117. The van der Waals surface area contributed by atoms with E-state index in [-0.39, 0.29) is 12.4 Å². The molecule has 0 atom stereocenters. The zero-order valence-corrected chi connectivity index (χ0v) is 8.93. The fourth-order valence-electron chi connectivity index (χ4n) is 1.30. The third kappa shape index (κ3) is 2.79. The normalized spacial score (nSPS) is 9.65. The van der Waals surface area contributed by atoms with E-state index in [2.05, 4.69) is 4.98 Å². The van der Waals surface area contributed by atoms with Gasteiger partial charge in [-0.05, 0) is 12.1 Å². The summed E-state index contributed by atoms with van der Waals surface area (Å²) in [5.74, 6) is 0.0633. The zero-order valence-electron chi connectivity index (χ0n) is 8.93. The molecule has 0 N–H and O–H groups in total. The van der Waals surface area contributed by atoms with Gasteiger partial charge in [-0.2, -0.15) is 5.26 Å². The lowest BCUT2D eigenvalue weighted by Crippen LogP contribution is -1.99. The van der Waals surface area contributed by atoms with Gasteiger partial charge in [-0.1, -0.05) is 18.2 Å². The van der Waals surface area contributed by atoms with Gasteiger partial charge >= 0.3 is 0 Å². The molecule has 1 aromatic carbocycles. The van der Waals surface area contributed by atoms with E-state index in [0.29, 0.717) is 17.0 Å². The average Bonchev–Trinajstić information content (AvgIpc) is 2.38. The van der Waals surface area contributed by atoms with E-state index in [1.165, 1.54) is 12.3 Å². The summed E-state index contributed by atoms with van der Waals surface area (Å²) in [7, 11) is 0. The second kappa shape index (κ2) is 5.08. The molecule has 0 amide bonds. The van der Waals surface area contributed by atoms with Crippen LogP contribution in [-0.4, -0.2) is 4.98 Å². The fourth-order valence-corrected chi connectivity index (χ4v) is 1.30. The average molecular weight is 228 g/mol. The van der Waals surface area contributed by atoms with Crippen molar-refractivity contribution in [2.24, 2.45) is 0 Å². The number of nitrogens with zero attached hydrogens (tertiary/aromatic N) is 2. The van der Waals surface area contributed by atoms with Crippen molar-refractivity contribution in [3.05, 3.63) is 59.5 Å². The summed E-state index contributed by atoms with van der Waals surface area (Å²) >= 11 is 0. The third-order valence-corrected chi connectivity index (χ3v) is 2.20. The van der Waals surface area contributed by atoms with Gasteiger partial charge < -0.3 is 4.74 Å². The topological polar surface area (TPSA) is 45.9 Å². The molecular weight excluding hydrogens is 219 g/mol. The molecule has 0 fully saturated rings. The van der Waals surface area contributed by atoms with Crippen molar-refractivity contribution in [3.63, 3.8) is 0 Å². The zero-order chi connectivity index (χ0) is 12.1. The van der Waals surface area contributed by atoms with Crippen LogP contribution in [-0.2, 0) is 6.61 Å². The van der Waals surface area contributed by atoms with Gasteiger partial charge in [0.25, 0.3) is 0 Å². The van der Waals surface area contributed by atoms with Crippen molar-refractivity contribution in [3.8, 4) is 11.9 Å². The van der Waals surface area contributed by atoms with Gasteiger partial charge in [0.15, 0.2) is 0 Å². The molecule has 0 radical (unpaired) electrons. The summed E-state index contributed by atoms with van der Waals surface area (Å²) in [6, 6.07) is 11.5. The molecule has 0 aliphatic rings. The van der Waals surface area contributed by atoms with E-state index in [1.54, 1.807) is 30.3 Å². The quantitative estimate of drug-likeness (QED) is 0.811. The maximum Gasteiger partial charge on any atom is 0.213 e. The molecule has 0 bridgehead atoms. The van der Waals surface area contributed by atoms with Crippen LogP contribution >= 0.6 is 0 Å². The maximum absolute atomic E-state index is 13.3. The summed E-state index contributed by atoms with van der Waals surface area (Å²) < 4.78 is 18.6. The van der Waals surface area contributed by atoms with Crippen LogP contribution in [0.5, 0.6) is 5.88 Å². The van der Waals surface area contributed by atoms with E-state index in [4.69, 9.17) is 10.00 Å². The molecule has 4 heteroatoms. The van der Waals surface area contributed by atoms with Gasteiger partial charge in [0, 0.05) is 17.8 Å². The van der Waals surface area contributed by atoms with Gasteiger partial charge in [0.1, 0.15) is 18.5 Å². The first-order chi connectivity index (χ1) is 8.29. The number of ether oxygens (including phenoxy) is 1. The molecule has 0 saturated heterocycles. The van der Waals surface area contributed by atoms with E-state index < -0.39 is 0 Å². The van der Waals surface area contributed by atoms with Gasteiger partial charge in [-0.25, -0.2) is 9.37 Å². The standard InChI is InChI=1S/C13H9FN2O/c14-12-4-2-1-3-11(12)9-17-13-6-5-10(7-15)8-16-13/h1-6,8H,9H2. The lowest BCUT2D eigenvalue weighted by atomic mass is 10.2. The summed E-state index contributed by atoms with van der Waals surface area (Å²) in [6.07, 6.45) is 1.41. The number of aromatic nitrogens is 1. The molecule has 1 aromatic heterocycles. The van der Waals surface area contributed by atoms with Crippen LogP contribution in [0.1, 0.15) is 11.1 Å². The highest BCUT2D eigenvalue weighted by Gasteiger charge is 2.02. The van der Waals surface area contributed by atoms with E-state index >= 15 is 0 Å². The monoisotopic (exact) mass is 228 g/mol.